The van der Waals surface area contributed by atoms with E-state index in [1.54, 1.807) is 13.3 Å². The minimum Gasteiger partial charge on any atom is -0.495 e. The highest BCUT2D eigenvalue weighted by molar-refractivity contribution is 5.84. The molecule has 2 atom stereocenters. The average Bonchev–Trinajstić information content (AvgIpc) is 2.54. The Morgan fingerprint density at radius 3 is 3.23 bits per heavy atom. The summed E-state index contributed by atoms with van der Waals surface area (Å²) in [5, 5.41) is 13.3. The largest absolute Gasteiger partial charge is 0.495 e. The molecular formula is C16H23N3O3. The molecule has 0 bridgehead atoms. The van der Waals surface area contributed by atoms with Crippen LogP contribution in [0.15, 0.2) is 18.3 Å². The molecule has 1 amide bonds. The number of nitrogens with zero attached hydrogens (tertiary/aromatic N) is 2. The van der Waals surface area contributed by atoms with E-state index in [-0.39, 0.29) is 5.91 Å². The van der Waals surface area contributed by atoms with Gasteiger partial charge in [-0.15, -0.1) is 0 Å². The van der Waals surface area contributed by atoms with Crippen molar-refractivity contribution in [2.45, 2.75) is 31.9 Å². The fourth-order valence-electron chi connectivity index (χ4n) is 3.60. The summed E-state index contributed by atoms with van der Waals surface area (Å²) in [6.07, 6.45) is 3.47. The summed E-state index contributed by atoms with van der Waals surface area (Å²) in [5.74, 6) is 0.750. The first kappa shape index (κ1) is 15.2. The number of amides is 1. The molecule has 2 aliphatic heterocycles. The Hall–Kier alpha value is -1.66. The number of aromatic nitrogens is 1. The number of hydrogen-bond donors (Lipinski definition) is 2. The monoisotopic (exact) mass is 305 g/mol. The summed E-state index contributed by atoms with van der Waals surface area (Å²) in [6.45, 7) is 2.67. The summed E-state index contributed by atoms with van der Waals surface area (Å²) >= 11 is 0. The van der Waals surface area contributed by atoms with E-state index in [0.29, 0.717) is 26.1 Å². The predicted octanol–water partition coefficient (Wildman–Crippen LogP) is 0.553. The molecule has 2 saturated heterocycles. The zero-order valence-electron chi connectivity index (χ0n) is 12.9. The molecule has 6 heteroatoms. The SMILES string of the molecule is COc1cccnc1CN1CC[C@@H](O)[C@@]2(CCCNC2=O)C1. The molecule has 0 saturated carbocycles. The van der Waals surface area contributed by atoms with E-state index in [9.17, 15) is 9.90 Å². The molecule has 1 aromatic rings. The number of likely N-dealkylation sites (tertiary alicyclic amines) is 1. The molecule has 2 fully saturated rings. The van der Waals surface area contributed by atoms with Gasteiger partial charge in [0.05, 0.1) is 24.3 Å². The van der Waals surface area contributed by atoms with Gasteiger partial charge >= 0.3 is 0 Å². The van der Waals surface area contributed by atoms with Crippen molar-refractivity contribution >= 4 is 5.91 Å². The highest BCUT2D eigenvalue weighted by Gasteiger charge is 2.49. The molecule has 1 spiro atoms. The Labute approximate surface area is 130 Å². The number of aliphatic hydroxyl groups is 1. The van der Waals surface area contributed by atoms with Gasteiger partial charge in [0.2, 0.25) is 5.91 Å². The van der Waals surface area contributed by atoms with Gasteiger partial charge < -0.3 is 15.2 Å². The second kappa shape index (κ2) is 6.22. The lowest BCUT2D eigenvalue weighted by atomic mass is 9.71. The Kier molecular flexibility index (Phi) is 4.31. The van der Waals surface area contributed by atoms with Gasteiger partial charge in [0.1, 0.15) is 5.75 Å². The first-order chi connectivity index (χ1) is 10.7. The van der Waals surface area contributed by atoms with Crippen LogP contribution in [0.25, 0.3) is 0 Å². The zero-order valence-corrected chi connectivity index (χ0v) is 12.9. The third-order valence-corrected chi connectivity index (χ3v) is 4.84. The van der Waals surface area contributed by atoms with E-state index in [0.717, 1.165) is 30.8 Å². The van der Waals surface area contributed by atoms with Crippen molar-refractivity contribution in [2.75, 3.05) is 26.7 Å². The Balaban J connectivity index is 1.77. The third-order valence-electron chi connectivity index (χ3n) is 4.84. The lowest BCUT2D eigenvalue weighted by molar-refractivity contribution is -0.149. The van der Waals surface area contributed by atoms with Crippen molar-refractivity contribution < 1.29 is 14.6 Å². The fraction of sp³-hybridized carbons (Fsp3) is 0.625. The predicted molar refractivity (Wildman–Crippen MR) is 81.4 cm³/mol. The molecular weight excluding hydrogens is 282 g/mol. The molecule has 120 valence electrons. The maximum Gasteiger partial charge on any atom is 0.230 e. The number of hydrogen-bond acceptors (Lipinski definition) is 5. The van der Waals surface area contributed by atoms with E-state index < -0.39 is 11.5 Å². The highest BCUT2D eigenvalue weighted by atomic mass is 16.5. The molecule has 0 aromatic carbocycles. The van der Waals surface area contributed by atoms with Gasteiger partial charge in [0.25, 0.3) is 0 Å². The molecule has 6 nitrogen and oxygen atoms in total. The van der Waals surface area contributed by atoms with E-state index >= 15 is 0 Å². The third kappa shape index (κ3) is 2.68. The molecule has 3 rings (SSSR count). The molecule has 3 heterocycles. The fourth-order valence-corrected chi connectivity index (χ4v) is 3.60. The summed E-state index contributed by atoms with van der Waals surface area (Å²) in [5.41, 5.74) is 0.200. The van der Waals surface area contributed by atoms with Crippen molar-refractivity contribution in [3.05, 3.63) is 24.0 Å². The van der Waals surface area contributed by atoms with Crippen molar-refractivity contribution in [1.82, 2.24) is 15.2 Å². The van der Waals surface area contributed by atoms with Gasteiger partial charge in [-0.1, -0.05) is 0 Å². The maximum absolute atomic E-state index is 12.4. The second-order valence-corrected chi connectivity index (χ2v) is 6.18. The van der Waals surface area contributed by atoms with Crippen LogP contribution < -0.4 is 10.1 Å². The van der Waals surface area contributed by atoms with E-state index in [4.69, 9.17) is 4.74 Å². The van der Waals surface area contributed by atoms with Crippen molar-refractivity contribution in [1.29, 1.82) is 0 Å². The molecule has 0 unspecified atom stereocenters. The topological polar surface area (TPSA) is 74.7 Å². The Bertz CT molecular complexity index is 551. The minimum absolute atomic E-state index is 0.0102. The van der Waals surface area contributed by atoms with Crippen LogP contribution in [0.4, 0.5) is 0 Å². The number of piperidine rings is 2. The van der Waals surface area contributed by atoms with Gasteiger partial charge in [-0.2, -0.15) is 0 Å². The van der Waals surface area contributed by atoms with Gasteiger partial charge in [-0.25, -0.2) is 0 Å². The summed E-state index contributed by atoms with van der Waals surface area (Å²) in [4.78, 5) is 18.9. The van der Waals surface area contributed by atoms with Crippen molar-refractivity contribution in [3.8, 4) is 5.75 Å². The van der Waals surface area contributed by atoms with Crippen LogP contribution in [-0.4, -0.2) is 53.7 Å². The van der Waals surface area contributed by atoms with Crippen LogP contribution in [-0.2, 0) is 11.3 Å². The number of ether oxygens (including phenoxy) is 1. The Morgan fingerprint density at radius 1 is 1.59 bits per heavy atom. The summed E-state index contributed by atoms with van der Waals surface area (Å²) in [7, 11) is 1.64. The highest BCUT2D eigenvalue weighted by Crippen LogP contribution is 2.37. The molecule has 0 radical (unpaired) electrons. The molecule has 2 aliphatic rings. The van der Waals surface area contributed by atoms with Crippen LogP contribution in [0.2, 0.25) is 0 Å². The summed E-state index contributed by atoms with van der Waals surface area (Å²) < 4.78 is 5.35. The molecule has 0 aliphatic carbocycles. The minimum atomic E-state index is -0.668. The number of methoxy groups -OCH3 is 1. The number of pyridine rings is 1. The van der Waals surface area contributed by atoms with Crippen LogP contribution in [0.3, 0.4) is 0 Å². The lowest BCUT2D eigenvalue weighted by Gasteiger charge is -2.46. The van der Waals surface area contributed by atoms with E-state index in [2.05, 4.69) is 15.2 Å². The zero-order chi connectivity index (χ0) is 15.6. The van der Waals surface area contributed by atoms with Gasteiger partial charge in [0, 0.05) is 32.4 Å². The maximum atomic E-state index is 12.4. The number of carbonyl (C=O) groups is 1. The first-order valence-corrected chi connectivity index (χ1v) is 7.82. The van der Waals surface area contributed by atoms with Crippen LogP contribution in [0.1, 0.15) is 25.0 Å². The van der Waals surface area contributed by atoms with Crippen molar-refractivity contribution in [2.24, 2.45) is 5.41 Å². The quantitative estimate of drug-likeness (QED) is 0.853. The second-order valence-electron chi connectivity index (χ2n) is 6.18. The summed E-state index contributed by atoms with van der Waals surface area (Å²) in [6, 6.07) is 3.74. The number of rotatable bonds is 3. The number of carbonyl (C=O) groups excluding carboxylic acids is 1. The van der Waals surface area contributed by atoms with Gasteiger partial charge in [0.15, 0.2) is 0 Å². The lowest BCUT2D eigenvalue weighted by Crippen LogP contribution is -2.61. The number of nitrogens with one attached hydrogen (secondary N) is 1. The average molecular weight is 305 g/mol. The van der Waals surface area contributed by atoms with E-state index in [1.807, 2.05) is 12.1 Å². The first-order valence-electron chi connectivity index (χ1n) is 7.82. The number of aliphatic hydroxyl groups excluding tert-OH is 1. The molecule has 22 heavy (non-hydrogen) atoms. The standard InChI is InChI=1S/C16H23N3O3/c1-22-13-4-2-7-17-12(13)10-19-9-5-14(20)16(11-19)6-3-8-18-15(16)21/h2,4,7,14,20H,3,5-6,8-11H2,1H3,(H,18,21)/t14-,16-/m1/s1. The van der Waals surface area contributed by atoms with Crippen LogP contribution in [0.5, 0.6) is 5.75 Å². The molecule has 2 N–H and O–H groups in total. The smallest absolute Gasteiger partial charge is 0.230 e. The molecule has 1 aromatic heterocycles. The van der Waals surface area contributed by atoms with Crippen molar-refractivity contribution in [3.63, 3.8) is 0 Å². The Morgan fingerprint density at radius 2 is 2.45 bits per heavy atom. The normalized spacial score (nSPS) is 29.4. The van der Waals surface area contributed by atoms with Crippen LogP contribution >= 0.6 is 0 Å². The van der Waals surface area contributed by atoms with Gasteiger partial charge in [-0.3, -0.25) is 14.7 Å². The van der Waals surface area contributed by atoms with E-state index in [1.165, 1.54) is 0 Å². The van der Waals surface area contributed by atoms with Crippen LogP contribution in [0, 0.1) is 5.41 Å². The van der Waals surface area contributed by atoms with Gasteiger partial charge in [-0.05, 0) is 31.4 Å².